The summed E-state index contributed by atoms with van der Waals surface area (Å²) in [6, 6.07) is 0. The number of esters is 1. The van der Waals surface area contributed by atoms with Gasteiger partial charge in [-0.3, -0.25) is 0 Å². The van der Waals surface area contributed by atoms with E-state index in [1.807, 2.05) is 6.92 Å². The molecule has 0 aliphatic rings. The molecule has 0 heterocycles. The number of carbonyl (C=O) groups is 1. The molecule has 5 nitrogen and oxygen atoms in total. The highest BCUT2D eigenvalue weighted by molar-refractivity contribution is 5.88. The van der Waals surface area contributed by atoms with Crippen molar-refractivity contribution in [1.29, 1.82) is 0 Å². The highest BCUT2D eigenvalue weighted by atomic mass is 16.5. The smallest absolute Gasteiger partial charge is 0.356 e. The van der Waals surface area contributed by atoms with Crippen molar-refractivity contribution in [2.45, 2.75) is 13.3 Å². The van der Waals surface area contributed by atoms with Gasteiger partial charge in [-0.2, -0.15) is 0 Å². The van der Waals surface area contributed by atoms with Gasteiger partial charge in [0.25, 0.3) is 0 Å². The molecule has 0 bridgehead atoms. The summed E-state index contributed by atoms with van der Waals surface area (Å²) in [7, 11) is 1.59. The van der Waals surface area contributed by atoms with Crippen molar-refractivity contribution >= 4 is 12.3 Å². The Hall–Kier alpha value is -1.36. The fourth-order valence-corrected chi connectivity index (χ4v) is 0.492. The lowest BCUT2D eigenvalue weighted by Gasteiger charge is -2.04. The summed E-state index contributed by atoms with van der Waals surface area (Å²) in [5.41, 5.74) is 0.0470. The van der Waals surface area contributed by atoms with Gasteiger partial charge >= 0.3 is 5.97 Å². The SMILES string of the molecule is C=C(N=CN(C)N)C(=O)OCCC. The molecule has 0 aromatic rings. The van der Waals surface area contributed by atoms with Crippen molar-refractivity contribution in [3.8, 4) is 0 Å². The van der Waals surface area contributed by atoms with Crippen molar-refractivity contribution in [2.24, 2.45) is 10.8 Å². The van der Waals surface area contributed by atoms with E-state index in [-0.39, 0.29) is 5.70 Å². The van der Waals surface area contributed by atoms with E-state index in [9.17, 15) is 4.79 Å². The Morgan fingerprint density at radius 2 is 2.38 bits per heavy atom. The molecule has 0 radical (unpaired) electrons. The molecule has 5 heteroatoms. The molecule has 13 heavy (non-hydrogen) atoms. The maximum atomic E-state index is 11.0. The van der Waals surface area contributed by atoms with Crippen molar-refractivity contribution in [1.82, 2.24) is 5.01 Å². The number of nitrogens with two attached hydrogens (primary N) is 1. The molecule has 0 amide bonds. The molecule has 74 valence electrons. The summed E-state index contributed by atoms with van der Waals surface area (Å²) in [5, 5.41) is 1.22. The first-order valence-electron chi connectivity index (χ1n) is 3.95. The third-order valence-corrected chi connectivity index (χ3v) is 1.07. The highest BCUT2D eigenvalue weighted by Gasteiger charge is 2.05. The fourth-order valence-electron chi connectivity index (χ4n) is 0.492. The average Bonchev–Trinajstić information content (AvgIpc) is 2.10. The minimum Gasteiger partial charge on any atom is -0.461 e. The van der Waals surface area contributed by atoms with Gasteiger partial charge in [-0.15, -0.1) is 0 Å². The molecule has 0 unspecified atom stereocenters. The summed E-state index contributed by atoms with van der Waals surface area (Å²) in [6.07, 6.45) is 2.06. The number of hydrogen-bond acceptors (Lipinski definition) is 4. The normalized spacial score (nSPS) is 10.1. The van der Waals surface area contributed by atoms with Gasteiger partial charge in [-0.25, -0.2) is 15.6 Å². The average molecular weight is 185 g/mol. The predicted octanol–water partition coefficient (Wildman–Crippen LogP) is 0.287. The zero-order valence-corrected chi connectivity index (χ0v) is 7.99. The molecule has 0 aromatic heterocycles. The van der Waals surface area contributed by atoms with Crippen LogP contribution in [0.1, 0.15) is 13.3 Å². The van der Waals surface area contributed by atoms with Crippen molar-refractivity contribution in [3.63, 3.8) is 0 Å². The molecule has 0 atom stereocenters. The first-order valence-corrected chi connectivity index (χ1v) is 3.95. The van der Waals surface area contributed by atoms with Crippen LogP contribution in [0.4, 0.5) is 0 Å². The van der Waals surface area contributed by atoms with Crippen LogP contribution in [-0.2, 0) is 9.53 Å². The predicted molar refractivity (Wildman–Crippen MR) is 50.8 cm³/mol. The lowest BCUT2D eigenvalue weighted by Crippen LogP contribution is -2.24. The van der Waals surface area contributed by atoms with Crippen LogP contribution in [0.2, 0.25) is 0 Å². The largest absolute Gasteiger partial charge is 0.461 e. The minimum atomic E-state index is -0.514. The Morgan fingerprint density at radius 3 is 2.85 bits per heavy atom. The summed E-state index contributed by atoms with van der Waals surface area (Å²) in [5.74, 6) is 4.72. The van der Waals surface area contributed by atoms with Crippen LogP contribution in [0.5, 0.6) is 0 Å². The lowest BCUT2D eigenvalue weighted by atomic mass is 10.5. The summed E-state index contributed by atoms with van der Waals surface area (Å²) < 4.78 is 4.77. The minimum absolute atomic E-state index is 0.0470. The van der Waals surface area contributed by atoms with E-state index in [4.69, 9.17) is 10.6 Å². The molecule has 0 spiro atoms. The van der Waals surface area contributed by atoms with Crippen molar-refractivity contribution < 1.29 is 9.53 Å². The summed E-state index contributed by atoms with van der Waals surface area (Å²) in [4.78, 5) is 14.7. The van der Waals surface area contributed by atoms with Gasteiger partial charge in [-0.05, 0) is 6.42 Å². The van der Waals surface area contributed by atoms with Gasteiger partial charge < -0.3 is 9.75 Å². The maximum absolute atomic E-state index is 11.0. The van der Waals surface area contributed by atoms with Crippen LogP contribution in [0.15, 0.2) is 17.3 Å². The molecule has 0 aliphatic heterocycles. The molecule has 0 aromatic carbocycles. The van der Waals surface area contributed by atoms with Gasteiger partial charge in [0, 0.05) is 7.05 Å². The van der Waals surface area contributed by atoms with Crippen molar-refractivity contribution in [2.75, 3.05) is 13.7 Å². The standard InChI is InChI=1S/C8H15N3O2/c1-4-5-13-8(12)7(2)10-6-11(3)9/h6H,2,4-5,9H2,1,3H3. The van der Waals surface area contributed by atoms with E-state index in [1.54, 1.807) is 7.05 Å². The zero-order valence-electron chi connectivity index (χ0n) is 7.99. The molecule has 0 fully saturated rings. The number of aliphatic imine (C=N–C) groups is 1. The second kappa shape index (κ2) is 6.19. The first kappa shape index (κ1) is 11.6. The first-order chi connectivity index (χ1) is 6.07. The second-order valence-corrected chi connectivity index (χ2v) is 2.49. The Labute approximate surface area is 77.8 Å². The Morgan fingerprint density at radius 1 is 1.77 bits per heavy atom. The quantitative estimate of drug-likeness (QED) is 0.167. The molecule has 2 N–H and O–H groups in total. The molecule has 0 aliphatic carbocycles. The van der Waals surface area contributed by atoms with Gasteiger partial charge in [0.1, 0.15) is 12.0 Å². The zero-order chi connectivity index (χ0) is 10.3. The number of ether oxygens (including phenoxy) is 1. The Kier molecular flexibility index (Phi) is 5.54. The van der Waals surface area contributed by atoms with Crippen LogP contribution in [-0.4, -0.2) is 31.0 Å². The van der Waals surface area contributed by atoms with E-state index >= 15 is 0 Å². The van der Waals surface area contributed by atoms with E-state index in [1.165, 1.54) is 11.3 Å². The van der Waals surface area contributed by atoms with Crippen LogP contribution in [0.3, 0.4) is 0 Å². The number of hydrogen-bond donors (Lipinski definition) is 1. The van der Waals surface area contributed by atoms with E-state index < -0.39 is 5.97 Å². The van der Waals surface area contributed by atoms with Gasteiger partial charge in [0.2, 0.25) is 0 Å². The van der Waals surface area contributed by atoms with Crippen LogP contribution < -0.4 is 5.84 Å². The lowest BCUT2D eigenvalue weighted by molar-refractivity contribution is -0.139. The summed E-state index contributed by atoms with van der Waals surface area (Å²) >= 11 is 0. The van der Waals surface area contributed by atoms with E-state index in [0.717, 1.165) is 6.42 Å². The van der Waals surface area contributed by atoms with Crippen LogP contribution >= 0.6 is 0 Å². The van der Waals surface area contributed by atoms with Gasteiger partial charge in [-0.1, -0.05) is 13.5 Å². The van der Waals surface area contributed by atoms with Gasteiger partial charge in [0.15, 0.2) is 0 Å². The molecular formula is C8H15N3O2. The number of hydrazine groups is 1. The molecular weight excluding hydrogens is 170 g/mol. The van der Waals surface area contributed by atoms with E-state index in [0.29, 0.717) is 6.61 Å². The topological polar surface area (TPSA) is 67.9 Å². The number of carbonyl (C=O) groups excluding carboxylic acids is 1. The van der Waals surface area contributed by atoms with Crippen LogP contribution in [0, 0.1) is 0 Å². The maximum Gasteiger partial charge on any atom is 0.356 e. The summed E-state index contributed by atoms with van der Waals surface area (Å²) in [6.45, 7) is 5.72. The monoisotopic (exact) mass is 185 g/mol. The molecule has 0 rings (SSSR count). The number of rotatable bonds is 5. The van der Waals surface area contributed by atoms with Crippen LogP contribution in [0.25, 0.3) is 0 Å². The molecule has 0 saturated carbocycles. The third kappa shape index (κ3) is 5.86. The fraction of sp³-hybridized carbons (Fsp3) is 0.500. The highest BCUT2D eigenvalue weighted by Crippen LogP contribution is 1.96. The molecule has 0 saturated heterocycles. The van der Waals surface area contributed by atoms with Gasteiger partial charge in [0.05, 0.1) is 6.61 Å². The third-order valence-electron chi connectivity index (χ3n) is 1.07. The van der Waals surface area contributed by atoms with Crippen molar-refractivity contribution in [3.05, 3.63) is 12.3 Å². The second-order valence-electron chi connectivity index (χ2n) is 2.49. The Bertz CT molecular complexity index is 211. The number of nitrogens with zero attached hydrogens (tertiary/aromatic N) is 2. The van der Waals surface area contributed by atoms with E-state index in [2.05, 4.69) is 11.6 Å². The Balaban J connectivity index is 3.90.